The lowest BCUT2D eigenvalue weighted by Gasteiger charge is -2.03. The van der Waals surface area contributed by atoms with Crippen molar-refractivity contribution in [2.75, 3.05) is 19.8 Å². The molecule has 0 bridgehead atoms. The van der Waals surface area contributed by atoms with E-state index in [0.717, 1.165) is 36.1 Å². The van der Waals surface area contributed by atoms with Gasteiger partial charge in [-0.05, 0) is 18.8 Å². The van der Waals surface area contributed by atoms with Crippen LogP contribution in [0.15, 0.2) is 5.38 Å². The second-order valence-corrected chi connectivity index (χ2v) is 5.00. The fourth-order valence-electron chi connectivity index (χ4n) is 1.38. The molecule has 0 spiro atoms. The Kier molecular flexibility index (Phi) is 4.47. The largest absolute Gasteiger partial charge is 0.476 e. The average Bonchev–Trinajstić information content (AvgIpc) is 3.00. The molecule has 1 heterocycles. The first-order chi connectivity index (χ1) is 8.25. The number of carbonyl (C=O) groups is 1. The number of aromatic carboxylic acids is 1. The van der Waals surface area contributed by atoms with Gasteiger partial charge in [-0.1, -0.05) is 0 Å². The van der Waals surface area contributed by atoms with Gasteiger partial charge in [0.2, 0.25) is 5.01 Å². The molecule has 0 amide bonds. The third-order valence-electron chi connectivity index (χ3n) is 2.51. The van der Waals surface area contributed by atoms with E-state index in [1.807, 2.05) is 0 Å². The Morgan fingerprint density at radius 3 is 3.12 bits per heavy atom. The number of rotatable bonds is 8. The lowest BCUT2D eigenvalue weighted by molar-refractivity contribution is 0.0696. The molecule has 0 unspecified atom stereocenters. The van der Waals surface area contributed by atoms with Crippen molar-refractivity contribution in [2.45, 2.75) is 19.4 Å². The smallest absolute Gasteiger partial charge is 0.365 e. The number of thiazole rings is 1. The van der Waals surface area contributed by atoms with Crippen molar-refractivity contribution in [3.63, 3.8) is 0 Å². The molecule has 0 aromatic carbocycles. The third kappa shape index (κ3) is 4.41. The summed E-state index contributed by atoms with van der Waals surface area (Å²) in [4.78, 5) is 14.6. The van der Waals surface area contributed by atoms with E-state index >= 15 is 0 Å². The van der Waals surface area contributed by atoms with E-state index in [1.54, 1.807) is 5.38 Å². The van der Waals surface area contributed by atoms with Crippen LogP contribution in [-0.4, -0.2) is 35.8 Å². The molecule has 6 heteroatoms. The van der Waals surface area contributed by atoms with E-state index in [-0.39, 0.29) is 5.01 Å². The van der Waals surface area contributed by atoms with Crippen LogP contribution in [-0.2, 0) is 11.3 Å². The van der Waals surface area contributed by atoms with E-state index in [4.69, 9.17) is 9.84 Å². The lowest BCUT2D eigenvalue weighted by atomic mass is 10.4. The van der Waals surface area contributed by atoms with Gasteiger partial charge in [0.1, 0.15) is 0 Å². The van der Waals surface area contributed by atoms with Crippen molar-refractivity contribution in [3.8, 4) is 0 Å². The minimum absolute atomic E-state index is 0.145. The first-order valence-electron chi connectivity index (χ1n) is 5.72. The van der Waals surface area contributed by atoms with Gasteiger partial charge >= 0.3 is 5.97 Å². The first-order valence-corrected chi connectivity index (χ1v) is 6.60. The molecule has 0 saturated heterocycles. The Labute approximate surface area is 104 Å². The Bertz CT molecular complexity index is 377. The van der Waals surface area contributed by atoms with Crippen LogP contribution in [0, 0.1) is 5.92 Å². The SMILES string of the molecule is O=C(O)c1nc(CNCCOCC2CC2)cs1. The standard InChI is InChI=1S/C11H16N2O3S/c14-11(15)10-13-9(7-17-10)5-12-3-4-16-6-8-1-2-8/h7-8,12H,1-6H2,(H,14,15). The summed E-state index contributed by atoms with van der Waals surface area (Å²) in [5.74, 6) is -0.166. The topological polar surface area (TPSA) is 71.5 Å². The number of hydrogen-bond donors (Lipinski definition) is 2. The summed E-state index contributed by atoms with van der Waals surface area (Å²) in [5.41, 5.74) is 0.773. The van der Waals surface area contributed by atoms with Crippen LogP contribution in [0.2, 0.25) is 0 Å². The molecule has 1 aromatic rings. The molecule has 2 rings (SSSR count). The van der Waals surface area contributed by atoms with Crippen LogP contribution in [0.3, 0.4) is 0 Å². The molecule has 2 N–H and O–H groups in total. The zero-order valence-electron chi connectivity index (χ0n) is 9.52. The molecule has 5 nitrogen and oxygen atoms in total. The van der Waals surface area contributed by atoms with Crippen LogP contribution in [0.4, 0.5) is 0 Å². The number of carboxylic acids is 1. The van der Waals surface area contributed by atoms with Gasteiger partial charge in [0.05, 0.1) is 12.3 Å². The zero-order valence-corrected chi connectivity index (χ0v) is 10.3. The quantitative estimate of drug-likeness (QED) is 0.687. The van der Waals surface area contributed by atoms with Crippen molar-refractivity contribution >= 4 is 17.3 Å². The van der Waals surface area contributed by atoms with E-state index in [2.05, 4.69) is 10.3 Å². The second-order valence-electron chi connectivity index (χ2n) is 4.14. The van der Waals surface area contributed by atoms with Crippen LogP contribution >= 0.6 is 11.3 Å². The van der Waals surface area contributed by atoms with Crippen molar-refractivity contribution in [1.82, 2.24) is 10.3 Å². The summed E-state index contributed by atoms with van der Waals surface area (Å²) in [6.07, 6.45) is 2.62. The zero-order chi connectivity index (χ0) is 12.1. The van der Waals surface area contributed by atoms with Crippen molar-refractivity contribution < 1.29 is 14.6 Å². The fraction of sp³-hybridized carbons (Fsp3) is 0.636. The lowest BCUT2D eigenvalue weighted by Crippen LogP contribution is -2.20. The summed E-state index contributed by atoms with van der Waals surface area (Å²) in [7, 11) is 0. The molecule has 1 fully saturated rings. The van der Waals surface area contributed by atoms with Crippen LogP contribution < -0.4 is 5.32 Å². The van der Waals surface area contributed by atoms with E-state index in [9.17, 15) is 4.79 Å². The normalized spacial score (nSPS) is 15.1. The molecule has 0 atom stereocenters. The van der Waals surface area contributed by atoms with Crippen LogP contribution in [0.25, 0.3) is 0 Å². The molecule has 17 heavy (non-hydrogen) atoms. The molecule has 0 aliphatic heterocycles. The maximum atomic E-state index is 10.6. The average molecular weight is 256 g/mol. The Balaban J connectivity index is 1.55. The number of carboxylic acid groups (broad SMARTS) is 1. The number of aromatic nitrogens is 1. The highest BCUT2D eigenvalue weighted by Crippen LogP contribution is 2.28. The Morgan fingerprint density at radius 1 is 1.65 bits per heavy atom. The van der Waals surface area contributed by atoms with Gasteiger partial charge in [-0.25, -0.2) is 9.78 Å². The van der Waals surface area contributed by atoms with Gasteiger partial charge in [0.15, 0.2) is 0 Å². The maximum absolute atomic E-state index is 10.6. The summed E-state index contributed by atoms with van der Waals surface area (Å²) in [5, 5.41) is 13.8. The highest BCUT2D eigenvalue weighted by molar-refractivity contribution is 7.11. The van der Waals surface area contributed by atoms with Gasteiger partial charge in [0, 0.05) is 25.1 Å². The number of ether oxygens (including phenoxy) is 1. The van der Waals surface area contributed by atoms with Crippen molar-refractivity contribution in [3.05, 3.63) is 16.1 Å². The molecular formula is C11H16N2O3S. The van der Waals surface area contributed by atoms with Gasteiger partial charge < -0.3 is 15.2 Å². The summed E-state index contributed by atoms with van der Waals surface area (Å²) >= 11 is 1.16. The maximum Gasteiger partial charge on any atom is 0.365 e. The van der Waals surface area contributed by atoms with Crippen molar-refractivity contribution in [2.24, 2.45) is 5.92 Å². The van der Waals surface area contributed by atoms with Gasteiger partial charge in [-0.15, -0.1) is 11.3 Å². The molecule has 1 saturated carbocycles. The summed E-state index contributed by atoms with van der Waals surface area (Å²) in [6, 6.07) is 0. The minimum atomic E-state index is -0.964. The summed E-state index contributed by atoms with van der Waals surface area (Å²) in [6.45, 7) is 2.94. The third-order valence-corrected chi connectivity index (χ3v) is 3.39. The molecule has 0 radical (unpaired) electrons. The first kappa shape index (κ1) is 12.5. The molecule has 94 valence electrons. The summed E-state index contributed by atoms with van der Waals surface area (Å²) < 4.78 is 5.46. The fourth-order valence-corrected chi connectivity index (χ4v) is 2.04. The highest BCUT2D eigenvalue weighted by Gasteiger charge is 2.20. The molecule has 1 aliphatic carbocycles. The Hall–Kier alpha value is -0.980. The monoisotopic (exact) mass is 256 g/mol. The predicted octanol–water partition coefficient (Wildman–Crippen LogP) is 1.36. The molecule has 1 aromatic heterocycles. The highest BCUT2D eigenvalue weighted by atomic mass is 32.1. The number of nitrogens with zero attached hydrogens (tertiary/aromatic N) is 1. The van der Waals surface area contributed by atoms with E-state index in [1.165, 1.54) is 12.8 Å². The number of hydrogen-bond acceptors (Lipinski definition) is 5. The Morgan fingerprint density at radius 2 is 2.47 bits per heavy atom. The number of nitrogens with one attached hydrogen (secondary N) is 1. The predicted molar refractivity (Wildman–Crippen MR) is 64.3 cm³/mol. The minimum Gasteiger partial charge on any atom is -0.476 e. The van der Waals surface area contributed by atoms with E-state index in [0.29, 0.717) is 13.2 Å². The van der Waals surface area contributed by atoms with Crippen LogP contribution in [0.1, 0.15) is 28.3 Å². The van der Waals surface area contributed by atoms with Gasteiger partial charge in [-0.2, -0.15) is 0 Å². The molecule has 1 aliphatic rings. The van der Waals surface area contributed by atoms with Gasteiger partial charge in [0.25, 0.3) is 0 Å². The molecular weight excluding hydrogens is 240 g/mol. The van der Waals surface area contributed by atoms with E-state index < -0.39 is 5.97 Å². The van der Waals surface area contributed by atoms with Crippen molar-refractivity contribution in [1.29, 1.82) is 0 Å². The van der Waals surface area contributed by atoms with Gasteiger partial charge in [-0.3, -0.25) is 0 Å². The second kappa shape index (κ2) is 6.09. The van der Waals surface area contributed by atoms with Crippen LogP contribution in [0.5, 0.6) is 0 Å².